The second-order valence-corrected chi connectivity index (χ2v) is 8.27. The number of carbonyl (C=O) groups is 1. The molecule has 2 unspecified atom stereocenters. The number of hydrogen-bond donors (Lipinski definition) is 5. The fraction of sp³-hybridized carbons (Fsp3) is 0.789. The Morgan fingerprint density at radius 2 is 1.81 bits per heavy atom. The highest BCUT2D eigenvalue weighted by Gasteiger charge is 2.51. The smallest absolute Gasteiger partial charge is 0.187 e. The van der Waals surface area contributed by atoms with Gasteiger partial charge in [0.2, 0.25) is 0 Å². The highest BCUT2D eigenvalue weighted by atomic mass is 16.7. The second-order valence-electron chi connectivity index (χ2n) is 8.27. The summed E-state index contributed by atoms with van der Waals surface area (Å²) < 4.78 is 11.4. The molecule has 1 saturated heterocycles. The van der Waals surface area contributed by atoms with Crippen molar-refractivity contribution in [2.24, 2.45) is 5.41 Å². The Morgan fingerprint density at radius 3 is 2.37 bits per heavy atom. The van der Waals surface area contributed by atoms with Crippen LogP contribution in [0.5, 0.6) is 0 Å². The quantitative estimate of drug-likeness (QED) is 0.320. The zero-order valence-corrected chi connectivity index (χ0v) is 16.1. The Morgan fingerprint density at radius 1 is 1.19 bits per heavy atom. The maximum absolute atomic E-state index is 11.4. The summed E-state index contributed by atoms with van der Waals surface area (Å²) in [4.78, 5) is 11.4. The molecule has 0 aromatic carbocycles. The molecule has 0 aromatic heterocycles. The van der Waals surface area contributed by atoms with Crippen molar-refractivity contribution in [3.05, 3.63) is 17.4 Å². The van der Waals surface area contributed by atoms with Gasteiger partial charge in [0.15, 0.2) is 12.1 Å². The molecule has 7 atom stereocenters. The topological polar surface area (TPSA) is 137 Å². The maximum atomic E-state index is 11.4. The third-order valence-electron chi connectivity index (χ3n) is 5.22. The van der Waals surface area contributed by atoms with Crippen molar-refractivity contribution in [2.45, 2.75) is 82.9 Å². The molecule has 27 heavy (non-hydrogen) atoms. The zero-order valence-electron chi connectivity index (χ0n) is 16.1. The minimum atomic E-state index is -1.56. The lowest BCUT2D eigenvalue weighted by Gasteiger charge is -2.49. The standard InChI is InChI=1S/C19H30O8/c1-10(21)5-6-13-18(2,3)7-11(22)8-19(13,4)27-17-16(25)15(24)14(23)12(9-20)26-17/h5,11-12,14-17,20,22-25H,7-9H2,1-4H3/t6?,11?,12-,14-,15+,16-,17+,19?/m1/s1. The van der Waals surface area contributed by atoms with Crippen LogP contribution in [0.1, 0.15) is 40.5 Å². The number of aliphatic hydroxyl groups excluding tert-OH is 5. The van der Waals surface area contributed by atoms with Gasteiger partial charge in [-0.25, -0.2) is 0 Å². The van der Waals surface area contributed by atoms with Crippen LogP contribution in [0.15, 0.2) is 17.4 Å². The fourth-order valence-corrected chi connectivity index (χ4v) is 4.08. The summed E-state index contributed by atoms with van der Waals surface area (Å²) in [5.41, 5.74) is 1.90. The van der Waals surface area contributed by atoms with Gasteiger partial charge in [0.25, 0.3) is 0 Å². The van der Waals surface area contributed by atoms with E-state index in [4.69, 9.17) is 9.47 Å². The van der Waals surface area contributed by atoms with Gasteiger partial charge in [-0.2, -0.15) is 0 Å². The highest BCUT2D eigenvalue weighted by Crippen LogP contribution is 2.48. The fourth-order valence-electron chi connectivity index (χ4n) is 4.08. The lowest BCUT2D eigenvalue weighted by molar-refractivity contribution is -0.325. The summed E-state index contributed by atoms with van der Waals surface area (Å²) >= 11 is 0. The van der Waals surface area contributed by atoms with Crippen molar-refractivity contribution in [3.8, 4) is 0 Å². The van der Waals surface area contributed by atoms with Crippen LogP contribution in [0.2, 0.25) is 0 Å². The second kappa shape index (κ2) is 8.11. The SMILES string of the molecule is CC(=O)C=C=C1C(C)(C)CC(O)CC1(C)O[C@@H]1O[C@H](CO)[C@@H](O)[C@H](O)[C@H]1O. The van der Waals surface area contributed by atoms with Gasteiger partial charge in [-0.3, -0.25) is 4.79 Å². The van der Waals surface area contributed by atoms with E-state index in [-0.39, 0.29) is 12.2 Å². The van der Waals surface area contributed by atoms with Crippen LogP contribution in [0.25, 0.3) is 0 Å². The van der Waals surface area contributed by atoms with Crippen LogP contribution in [0, 0.1) is 5.41 Å². The Labute approximate surface area is 158 Å². The van der Waals surface area contributed by atoms with Gasteiger partial charge in [-0.05, 0) is 25.7 Å². The first-order valence-electron chi connectivity index (χ1n) is 9.06. The van der Waals surface area contributed by atoms with E-state index >= 15 is 0 Å². The monoisotopic (exact) mass is 386 g/mol. The highest BCUT2D eigenvalue weighted by molar-refractivity contribution is 5.87. The molecule has 2 aliphatic rings. The first-order chi connectivity index (χ1) is 12.4. The summed E-state index contributed by atoms with van der Waals surface area (Å²) in [6, 6.07) is 0. The van der Waals surface area contributed by atoms with Crippen LogP contribution in [0.4, 0.5) is 0 Å². The molecular formula is C19H30O8. The minimum absolute atomic E-state index is 0.166. The average Bonchev–Trinajstić information content (AvgIpc) is 2.53. The van der Waals surface area contributed by atoms with E-state index in [2.05, 4.69) is 5.73 Å². The van der Waals surface area contributed by atoms with Gasteiger partial charge in [0, 0.05) is 18.1 Å². The first-order valence-corrected chi connectivity index (χ1v) is 9.06. The third-order valence-corrected chi connectivity index (χ3v) is 5.22. The van der Waals surface area contributed by atoms with Crippen LogP contribution in [-0.4, -0.2) is 80.3 Å². The number of ether oxygens (including phenoxy) is 2. The molecule has 1 aliphatic heterocycles. The Balaban J connectivity index is 2.40. The molecule has 8 nitrogen and oxygen atoms in total. The first kappa shape index (κ1) is 22.2. The van der Waals surface area contributed by atoms with Crippen molar-refractivity contribution in [3.63, 3.8) is 0 Å². The van der Waals surface area contributed by atoms with Gasteiger partial charge >= 0.3 is 0 Å². The van der Waals surface area contributed by atoms with Gasteiger partial charge in [-0.15, -0.1) is 5.73 Å². The number of rotatable bonds is 4. The normalized spacial score (nSPS) is 41.7. The van der Waals surface area contributed by atoms with E-state index < -0.39 is 54.4 Å². The van der Waals surface area contributed by atoms with E-state index in [9.17, 15) is 30.3 Å². The van der Waals surface area contributed by atoms with Crippen molar-refractivity contribution < 1.29 is 39.8 Å². The molecule has 2 fully saturated rings. The largest absolute Gasteiger partial charge is 0.394 e. The van der Waals surface area contributed by atoms with E-state index in [1.807, 2.05) is 13.8 Å². The average molecular weight is 386 g/mol. The van der Waals surface area contributed by atoms with Crippen LogP contribution >= 0.6 is 0 Å². The van der Waals surface area contributed by atoms with Crippen molar-refractivity contribution in [2.75, 3.05) is 6.61 Å². The predicted octanol–water partition coefficient (Wildman–Crippen LogP) is -0.587. The Bertz CT molecular complexity index is 621. The van der Waals surface area contributed by atoms with Gasteiger partial charge < -0.3 is 35.0 Å². The summed E-state index contributed by atoms with van der Waals surface area (Å²) in [7, 11) is 0. The molecule has 0 radical (unpaired) electrons. The van der Waals surface area contributed by atoms with E-state index in [0.717, 1.165) is 0 Å². The van der Waals surface area contributed by atoms with Gasteiger partial charge in [-0.1, -0.05) is 13.8 Å². The lowest BCUT2D eigenvalue weighted by Crippen LogP contribution is -2.61. The minimum Gasteiger partial charge on any atom is -0.394 e. The maximum Gasteiger partial charge on any atom is 0.187 e. The summed E-state index contributed by atoms with van der Waals surface area (Å²) in [6.07, 6.45) is -5.85. The van der Waals surface area contributed by atoms with Crippen LogP contribution < -0.4 is 0 Å². The van der Waals surface area contributed by atoms with E-state index in [0.29, 0.717) is 12.0 Å². The van der Waals surface area contributed by atoms with Gasteiger partial charge in [0.05, 0.1) is 18.3 Å². The Kier molecular flexibility index (Phi) is 6.67. The number of ketones is 1. The van der Waals surface area contributed by atoms with Crippen LogP contribution in [0.3, 0.4) is 0 Å². The summed E-state index contributed by atoms with van der Waals surface area (Å²) in [6.45, 7) is 6.30. The summed E-state index contributed by atoms with van der Waals surface area (Å²) in [5.74, 6) is -0.195. The molecular weight excluding hydrogens is 356 g/mol. The molecule has 1 saturated carbocycles. The van der Waals surface area contributed by atoms with Crippen molar-refractivity contribution in [1.29, 1.82) is 0 Å². The van der Waals surface area contributed by atoms with Crippen LogP contribution in [-0.2, 0) is 14.3 Å². The number of carbonyl (C=O) groups excluding carboxylic acids is 1. The van der Waals surface area contributed by atoms with Crippen molar-refractivity contribution >= 4 is 5.78 Å². The number of hydrogen-bond acceptors (Lipinski definition) is 8. The van der Waals surface area contributed by atoms with E-state index in [1.54, 1.807) is 6.92 Å². The molecule has 0 aromatic rings. The Hall–Kier alpha value is -1.09. The van der Waals surface area contributed by atoms with Crippen molar-refractivity contribution in [1.82, 2.24) is 0 Å². The molecule has 2 rings (SSSR count). The number of aliphatic hydroxyl groups is 5. The third kappa shape index (κ3) is 4.67. The van der Waals surface area contributed by atoms with Gasteiger partial charge in [0.1, 0.15) is 24.4 Å². The zero-order chi connectivity index (χ0) is 20.6. The molecule has 0 spiro atoms. The molecule has 154 valence electrons. The van der Waals surface area contributed by atoms with E-state index in [1.165, 1.54) is 13.0 Å². The molecule has 0 amide bonds. The molecule has 1 heterocycles. The predicted molar refractivity (Wildman–Crippen MR) is 94.6 cm³/mol. The molecule has 8 heteroatoms. The molecule has 5 N–H and O–H groups in total. The lowest BCUT2D eigenvalue weighted by atomic mass is 9.65. The summed E-state index contributed by atoms with van der Waals surface area (Å²) in [5, 5.41) is 49.8. The molecule has 1 aliphatic carbocycles. The molecule has 0 bridgehead atoms.